The van der Waals surface area contributed by atoms with Crippen LogP contribution < -0.4 is 15.0 Å². The summed E-state index contributed by atoms with van der Waals surface area (Å²) >= 11 is 8.57. The van der Waals surface area contributed by atoms with Crippen LogP contribution in [0.15, 0.2) is 72.2 Å². The third-order valence-electron chi connectivity index (χ3n) is 15.8. The standard InChI is InChI=1S/C62H76ClFN8O9S/c1-36(40-14-16-41(17-15-40)55-38(3)65-35-82-55)26-50(75)49-29-44(74)32-72(49)58(77)56(61(4,5)6)66-51(76)34-79-33-39-18-20-69(21-19-39)24-25-80-59-67-54-47(57(68-59)71-23-22-70(31-37(71)2)60(78)81-62(7,8)9)30-48(63)52(53(54)64)46-28-43(73)27-42-12-10-11-13-45(42)46/h10-17,27-28,30,35-37,39,44,49,56,73-74H,18-26,29,31-34H2,1-9H3,(H,66,76)/t36-,37+,44-,49+,56-/m1/s1. The van der Waals surface area contributed by atoms with Crippen LogP contribution >= 0.6 is 22.9 Å². The lowest BCUT2D eigenvalue weighted by molar-refractivity contribution is -0.144. The Balaban J connectivity index is 0.792. The van der Waals surface area contributed by atoms with E-state index in [1.165, 1.54) is 11.0 Å². The number of aliphatic hydroxyl groups excluding tert-OH is 1. The van der Waals surface area contributed by atoms with Gasteiger partial charge in [-0.25, -0.2) is 14.2 Å². The van der Waals surface area contributed by atoms with Crippen LogP contribution in [0.3, 0.4) is 0 Å². The highest BCUT2D eigenvalue weighted by molar-refractivity contribution is 7.13. The number of aliphatic hydroxyl groups is 1. The van der Waals surface area contributed by atoms with Gasteiger partial charge in [0.25, 0.3) is 0 Å². The number of hydrogen-bond donors (Lipinski definition) is 3. The van der Waals surface area contributed by atoms with Gasteiger partial charge in [0.2, 0.25) is 11.8 Å². The van der Waals surface area contributed by atoms with Gasteiger partial charge in [0, 0.05) is 62.6 Å². The van der Waals surface area contributed by atoms with E-state index in [1.807, 2.05) is 121 Å². The fraction of sp³-hybridized carbons (Fsp3) is 0.500. The number of nitrogens with one attached hydrogen (secondary N) is 1. The number of aromatic hydroxyl groups is 1. The van der Waals surface area contributed by atoms with E-state index in [0.717, 1.165) is 47.6 Å². The number of likely N-dealkylation sites (tertiary alicyclic amines) is 2. The number of amides is 3. The summed E-state index contributed by atoms with van der Waals surface area (Å²) in [5.41, 5.74) is 3.97. The maximum Gasteiger partial charge on any atom is 0.410 e. The van der Waals surface area contributed by atoms with Gasteiger partial charge in [-0.05, 0) is 123 Å². The van der Waals surface area contributed by atoms with E-state index in [-0.39, 0.29) is 84.1 Å². The van der Waals surface area contributed by atoms with Crippen molar-refractivity contribution in [3.8, 4) is 33.3 Å². The van der Waals surface area contributed by atoms with Gasteiger partial charge in [-0.15, -0.1) is 11.3 Å². The van der Waals surface area contributed by atoms with E-state index in [1.54, 1.807) is 28.4 Å². The Kier molecular flexibility index (Phi) is 18.4. The van der Waals surface area contributed by atoms with Crippen molar-refractivity contribution in [3.05, 3.63) is 94.3 Å². The zero-order valence-electron chi connectivity index (χ0n) is 48.3. The molecule has 4 aromatic carbocycles. The van der Waals surface area contributed by atoms with Crippen LogP contribution in [0, 0.1) is 24.1 Å². The molecule has 0 aliphatic carbocycles. The molecule has 438 valence electrons. The minimum atomic E-state index is -0.966. The van der Waals surface area contributed by atoms with Crippen molar-refractivity contribution in [3.63, 3.8) is 0 Å². The Bertz CT molecular complexity index is 3310. The van der Waals surface area contributed by atoms with E-state index in [4.69, 9.17) is 30.8 Å². The molecule has 3 N–H and O–H groups in total. The van der Waals surface area contributed by atoms with Crippen molar-refractivity contribution in [2.45, 2.75) is 124 Å². The average Bonchev–Trinajstić information content (AvgIpc) is 4.05. The molecule has 3 amide bonds. The second-order valence-electron chi connectivity index (χ2n) is 24.3. The number of phenols is 1. The molecule has 3 aliphatic heterocycles. The van der Waals surface area contributed by atoms with Crippen molar-refractivity contribution >= 4 is 74.1 Å². The van der Waals surface area contributed by atoms with Crippen molar-refractivity contribution in [1.29, 1.82) is 0 Å². The van der Waals surface area contributed by atoms with E-state index in [2.05, 4.69) is 20.2 Å². The van der Waals surface area contributed by atoms with Gasteiger partial charge in [0.15, 0.2) is 11.6 Å². The number of aromatic nitrogens is 3. The Labute approximate surface area is 488 Å². The van der Waals surface area contributed by atoms with Crippen LogP contribution in [0.25, 0.3) is 43.2 Å². The summed E-state index contributed by atoms with van der Waals surface area (Å²) in [5, 5.41) is 26.3. The van der Waals surface area contributed by atoms with Crippen molar-refractivity contribution < 1.29 is 48.0 Å². The van der Waals surface area contributed by atoms with Crippen LogP contribution in [0.5, 0.6) is 11.8 Å². The smallest absolute Gasteiger partial charge is 0.410 e. The molecule has 82 heavy (non-hydrogen) atoms. The molecule has 17 nitrogen and oxygen atoms in total. The van der Waals surface area contributed by atoms with E-state index < -0.39 is 52.9 Å². The summed E-state index contributed by atoms with van der Waals surface area (Å²) in [7, 11) is 0. The number of piperazine rings is 1. The molecule has 0 bridgehead atoms. The molecule has 3 aliphatic rings. The quantitative estimate of drug-likeness (QED) is 0.0779. The molecular formula is C62H76ClFN8O9S. The normalized spacial score (nSPS) is 19.2. The topological polar surface area (TPSA) is 200 Å². The second-order valence-corrected chi connectivity index (χ2v) is 25.6. The first-order valence-electron chi connectivity index (χ1n) is 28.3. The monoisotopic (exact) mass is 1160 g/mol. The number of phenolic OH excluding ortho intramolecular Hbond substituents is 1. The number of piperidine rings is 1. The van der Waals surface area contributed by atoms with Crippen LogP contribution in [0.1, 0.15) is 98.2 Å². The molecule has 3 fully saturated rings. The number of carbonyl (C=O) groups excluding carboxylic acids is 4. The Morgan fingerprint density at radius 1 is 0.939 bits per heavy atom. The minimum Gasteiger partial charge on any atom is -0.508 e. The van der Waals surface area contributed by atoms with Crippen LogP contribution in [0.4, 0.5) is 15.0 Å². The molecule has 5 atom stereocenters. The molecular weight excluding hydrogens is 1090 g/mol. The third kappa shape index (κ3) is 13.9. The summed E-state index contributed by atoms with van der Waals surface area (Å²) in [4.78, 5) is 77.2. The molecule has 3 saturated heterocycles. The summed E-state index contributed by atoms with van der Waals surface area (Å²) in [6, 6.07) is 18.2. The van der Waals surface area contributed by atoms with Crippen LogP contribution in [-0.4, -0.2) is 159 Å². The Morgan fingerprint density at radius 2 is 1.67 bits per heavy atom. The number of Topliss-reactive ketones (excluding diaryl/α,β-unsaturated/α-hetero) is 1. The number of nitrogens with zero attached hydrogens (tertiary/aromatic N) is 7. The lowest BCUT2D eigenvalue weighted by atomic mass is 9.85. The highest BCUT2D eigenvalue weighted by atomic mass is 35.5. The number of ether oxygens (including phenoxy) is 3. The highest BCUT2D eigenvalue weighted by Gasteiger charge is 2.45. The lowest BCUT2D eigenvalue weighted by Gasteiger charge is -2.41. The first-order valence-corrected chi connectivity index (χ1v) is 29.6. The minimum absolute atomic E-state index is 0.00208. The fourth-order valence-corrected chi connectivity index (χ4v) is 12.5. The van der Waals surface area contributed by atoms with E-state index >= 15 is 4.39 Å². The number of aryl methyl sites for hydroxylation is 1. The van der Waals surface area contributed by atoms with Crippen LogP contribution in [0.2, 0.25) is 5.02 Å². The van der Waals surface area contributed by atoms with Gasteiger partial charge in [-0.2, -0.15) is 9.97 Å². The van der Waals surface area contributed by atoms with Crippen molar-refractivity contribution in [1.82, 2.24) is 35.0 Å². The summed E-state index contributed by atoms with van der Waals surface area (Å²) in [6.45, 7) is 20.3. The number of carbonyl (C=O) groups is 4. The van der Waals surface area contributed by atoms with E-state index in [0.29, 0.717) is 60.3 Å². The van der Waals surface area contributed by atoms with Gasteiger partial charge in [-0.3, -0.25) is 19.3 Å². The van der Waals surface area contributed by atoms with Gasteiger partial charge < -0.3 is 44.4 Å². The molecule has 0 radical (unpaired) electrons. The summed E-state index contributed by atoms with van der Waals surface area (Å²) < 4.78 is 35.2. The molecule has 0 unspecified atom stereocenters. The number of benzene rings is 4. The highest BCUT2D eigenvalue weighted by Crippen LogP contribution is 2.43. The third-order valence-corrected chi connectivity index (χ3v) is 17.1. The number of ketones is 1. The molecule has 6 aromatic rings. The SMILES string of the molecule is Cc1ncsc1-c1ccc([C@H](C)CC(=O)[C@@H]2C[C@@H](O)CN2C(=O)[C@@H](NC(=O)COCC2CCN(CCOc3nc(N4CCN(C(=O)OC(C)(C)C)C[C@@H]4C)c4cc(Cl)c(-c5cc(O)cc6ccccc56)c(F)c4n3)CC2)C(C)(C)C)cc1. The molecule has 9 rings (SSSR count). The maximum absolute atomic E-state index is 17.3. The predicted molar refractivity (Wildman–Crippen MR) is 317 cm³/mol. The fourth-order valence-electron chi connectivity index (χ4n) is 11.4. The first-order chi connectivity index (χ1) is 38.9. The van der Waals surface area contributed by atoms with Gasteiger partial charge in [0.05, 0.1) is 39.9 Å². The Morgan fingerprint density at radius 3 is 2.35 bits per heavy atom. The predicted octanol–water partition coefficient (Wildman–Crippen LogP) is 10.2. The molecule has 2 aromatic heterocycles. The zero-order chi connectivity index (χ0) is 58.8. The number of rotatable bonds is 17. The molecule has 0 spiro atoms. The molecule has 20 heteroatoms. The summed E-state index contributed by atoms with van der Waals surface area (Å²) in [6.07, 6.45) is 0.651. The molecule has 0 saturated carbocycles. The Hall–Kier alpha value is -6.51. The number of thiazole rings is 1. The maximum atomic E-state index is 17.3. The summed E-state index contributed by atoms with van der Waals surface area (Å²) in [5.74, 6) is -1.25. The second kappa shape index (κ2) is 25.1. The lowest BCUT2D eigenvalue weighted by Crippen LogP contribution is -2.57. The van der Waals surface area contributed by atoms with Gasteiger partial charge >= 0.3 is 12.1 Å². The van der Waals surface area contributed by atoms with Gasteiger partial charge in [-0.1, -0.05) is 87.8 Å². The number of anilines is 1. The number of halogens is 2. The van der Waals surface area contributed by atoms with Gasteiger partial charge in [0.1, 0.15) is 41.9 Å². The first kappa shape index (κ1) is 60.1. The van der Waals surface area contributed by atoms with E-state index in [9.17, 15) is 29.4 Å². The zero-order valence-corrected chi connectivity index (χ0v) is 49.9. The number of β-amino-alcohol motifs (C(OH)–C–C–N with tert-alkyl or cyclic N) is 1. The van der Waals surface area contributed by atoms with Crippen molar-refractivity contribution in [2.75, 3.05) is 70.5 Å². The molecule has 5 heterocycles. The van der Waals surface area contributed by atoms with Crippen molar-refractivity contribution in [2.24, 2.45) is 11.3 Å². The largest absolute Gasteiger partial charge is 0.508 e. The average molecular weight is 1160 g/mol. The number of fused-ring (bicyclic) bond motifs is 2. The van der Waals surface area contributed by atoms with Crippen LogP contribution in [-0.2, 0) is 23.9 Å². The number of hydrogen-bond acceptors (Lipinski definition) is 15.